The van der Waals surface area contributed by atoms with Gasteiger partial charge in [-0.25, -0.2) is 9.69 Å². The van der Waals surface area contributed by atoms with E-state index >= 15 is 0 Å². The summed E-state index contributed by atoms with van der Waals surface area (Å²) in [4.78, 5) is 39.1. The fourth-order valence-electron chi connectivity index (χ4n) is 3.71. The number of imide groups is 2. The molecule has 3 aromatic carbocycles. The van der Waals surface area contributed by atoms with Crippen LogP contribution in [0, 0.1) is 6.92 Å². The number of hydrogen-bond donors (Lipinski definition) is 1. The zero-order chi connectivity index (χ0) is 25.8. The van der Waals surface area contributed by atoms with Crippen molar-refractivity contribution in [3.63, 3.8) is 0 Å². The third-order valence-electron chi connectivity index (χ3n) is 5.28. The van der Waals surface area contributed by atoms with Gasteiger partial charge in [0.05, 0.1) is 16.8 Å². The Hall–Kier alpha value is -3.62. The molecule has 1 heterocycles. The van der Waals surface area contributed by atoms with E-state index in [9.17, 15) is 14.4 Å². The van der Waals surface area contributed by atoms with Crippen LogP contribution in [-0.2, 0) is 16.2 Å². The molecule has 0 saturated carbocycles. The van der Waals surface area contributed by atoms with Crippen LogP contribution < -0.4 is 19.7 Å². The second-order valence-electron chi connectivity index (χ2n) is 7.98. The largest absolute Gasteiger partial charge is 0.490 e. The summed E-state index contributed by atoms with van der Waals surface area (Å²) in [7, 11) is 0. The van der Waals surface area contributed by atoms with Gasteiger partial charge in [-0.3, -0.25) is 14.9 Å². The minimum Gasteiger partial charge on any atom is -0.490 e. The molecule has 9 heteroatoms. The van der Waals surface area contributed by atoms with E-state index < -0.39 is 17.8 Å². The van der Waals surface area contributed by atoms with Gasteiger partial charge in [-0.05, 0) is 77.3 Å². The Labute approximate surface area is 221 Å². The highest BCUT2D eigenvalue weighted by Gasteiger charge is 2.37. The Balaban J connectivity index is 1.66. The number of halogens is 2. The molecule has 0 aromatic heterocycles. The van der Waals surface area contributed by atoms with Crippen molar-refractivity contribution in [2.45, 2.75) is 20.5 Å². The van der Waals surface area contributed by atoms with Gasteiger partial charge in [0, 0.05) is 5.02 Å². The number of benzene rings is 3. The summed E-state index contributed by atoms with van der Waals surface area (Å²) in [5.41, 5.74) is 2.68. The number of carbonyl (C=O) groups is 3. The summed E-state index contributed by atoms with van der Waals surface area (Å²) < 4.78 is 12.4. The number of amides is 4. The fraction of sp³-hybridized carbons (Fsp3) is 0.148. The van der Waals surface area contributed by atoms with E-state index in [2.05, 4.69) is 21.2 Å². The summed E-state index contributed by atoms with van der Waals surface area (Å²) in [6, 6.07) is 16.8. The molecule has 1 aliphatic heterocycles. The van der Waals surface area contributed by atoms with Gasteiger partial charge in [0.25, 0.3) is 11.8 Å². The second kappa shape index (κ2) is 11.0. The number of barbiturate groups is 1. The number of hydrogen-bond acceptors (Lipinski definition) is 5. The molecule has 0 radical (unpaired) electrons. The molecule has 1 N–H and O–H groups in total. The maximum atomic E-state index is 13.2. The van der Waals surface area contributed by atoms with Crippen LogP contribution in [0.5, 0.6) is 11.5 Å². The fourth-order valence-corrected chi connectivity index (χ4v) is 4.46. The number of aryl methyl sites for hydroxylation is 1. The van der Waals surface area contributed by atoms with Gasteiger partial charge in [-0.1, -0.05) is 47.5 Å². The van der Waals surface area contributed by atoms with Crippen LogP contribution in [0.3, 0.4) is 0 Å². The number of carbonyl (C=O) groups excluding carboxylic acids is 3. The standard InChI is InChI=1S/C27H22BrClN2O5/c1-3-35-23-13-18(12-22(28)24(23)36-15-17-7-4-6-16(2)10-17)11-21-25(32)30-27(34)31(26(21)33)20-9-5-8-19(29)14-20/h4-14H,3,15H2,1-2H3,(H,30,32,34)/b21-11+. The lowest BCUT2D eigenvalue weighted by Gasteiger charge is -2.26. The van der Waals surface area contributed by atoms with Crippen LogP contribution >= 0.6 is 27.5 Å². The van der Waals surface area contributed by atoms with Gasteiger partial charge in [0.15, 0.2) is 11.5 Å². The molecule has 4 amide bonds. The van der Waals surface area contributed by atoms with Crippen molar-refractivity contribution < 1.29 is 23.9 Å². The van der Waals surface area contributed by atoms with Crippen LogP contribution in [0.2, 0.25) is 5.02 Å². The molecular weight excluding hydrogens is 548 g/mol. The van der Waals surface area contributed by atoms with Crippen LogP contribution in [0.4, 0.5) is 10.5 Å². The highest BCUT2D eigenvalue weighted by molar-refractivity contribution is 9.10. The van der Waals surface area contributed by atoms with Crippen molar-refractivity contribution >= 4 is 57.1 Å². The Morgan fingerprint density at radius 1 is 1.03 bits per heavy atom. The van der Waals surface area contributed by atoms with E-state index in [4.69, 9.17) is 21.1 Å². The first-order valence-electron chi connectivity index (χ1n) is 11.1. The molecule has 0 atom stereocenters. The molecule has 184 valence electrons. The molecule has 0 spiro atoms. The number of rotatable bonds is 7. The maximum absolute atomic E-state index is 13.2. The monoisotopic (exact) mass is 568 g/mol. The van der Waals surface area contributed by atoms with Gasteiger partial charge in [-0.15, -0.1) is 0 Å². The van der Waals surface area contributed by atoms with Crippen molar-refractivity contribution in [2.75, 3.05) is 11.5 Å². The predicted molar refractivity (Wildman–Crippen MR) is 141 cm³/mol. The van der Waals surface area contributed by atoms with Crippen LogP contribution in [0.1, 0.15) is 23.6 Å². The van der Waals surface area contributed by atoms with Crippen LogP contribution in [0.25, 0.3) is 6.08 Å². The lowest BCUT2D eigenvalue weighted by Crippen LogP contribution is -2.54. The van der Waals surface area contributed by atoms with Crippen molar-refractivity contribution in [1.82, 2.24) is 5.32 Å². The third-order valence-corrected chi connectivity index (χ3v) is 6.10. The quantitative estimate of drug-likeness (QED) is 0.276. The van der Waals surface area contributed by atoms with E-state index in [0.717, 1.165) is 16.0 Å². The molecule has 1 saturated heterocycles. The smallest absolute Gasteiger partial charge is 0.335 e. The maximum Gasteiger partial charge on any atom is 0.335 e. The van der Waals surface area contributed by atoms with E-state index in [1.807, 2.05) is 38.1 Å². The van der Waals surface area contributed by atoms with E-state index in [0.29, 0.717) is 39.8 Å². The average Bonchev–Trinajstić information content (AvgIpc) is 2.81. The SMILES string of the molecule is CCOc1cc(/C=C2\C(=O)NC(=O)N(c3cccc(Cl)c3)C2=O)cc(Br)c1OCc1cccc(C)c1. The first kappa shape index (κ1) is 25.5. The minimum absolute atomic E-state index is 0.211. The molecule has 0 aliphatic carbocycles. The highest BCUT2D eigenvalue weighted by Crippen LogP contribution is 2.38. The topological polar surface area (TPSA) is 84.9 Å². The lowest BCUT2D eigenvalue weighted by atomic mass is 10.1. The highest BCUT2D eigenvalue weighted by atomic mass is 79.9. The molecule has 3 aromatic rings. The molecule has 0 bridgehead atoms. The number of nitrogens with zero attached hydrogens (tertiary/aromatic N) is 1. The third kappa shape index (κ3) is 5.61. The predicted octanol–water partition coefficient (Wildman–Crippen LogP) is 6.06. The summed E-state index contributed by atoms with van der Waals surface area (Å²) in [5.74, 6) is -0.620. The van der Waals surface area contributed by atoms with E-state index in [-0.39, 0.29) is 11.3 Å². The average molecular weight is 570 g/mol. The summed E-state index contributed by atoms with van der Waals surface area (Å²) in [5, 5.41) is 2.55. The Morgan fingerprint density at radius 3 is 2.53 bits per heavy atom. The number of ether oxygens (including phenoxy) is 2. The van der Waals surface area contributed by atoms with Gasteiger partial charge in [-0.2, -0.15) is 0 Å². The van der Waals surface area contributed by atoms with Crippen molar-refractivity contribution in [3.05, 3.63) is 92.4 Å². The molecular formula is C27H22BrClN2O5. The normalized spacial score (nSPS) is 14.7. The van der Waals surface area contributed by atoms with Gasteiger partial charge in [0.2, 0.25) is 0 Å². The van der Waals surface area contributed by atoms with Gasteiger partial charge in [0.1, 0.15) is 12.2 Å². The first-order valence-corrected chi connectivity index (χ1v) is 12.3. The van der Waals surface area contributed by atoms with Crippen molar-refractivity contribution in [3.8, 4) is 11.5 Å². The van der Waals surface area contributed by atoms with Gasteiger partial charge >= 0.3 is 6.03 Å². The summed E-state index contributed by atoms with van der Waals surface area (Å²) >= 11 is 9.54. The number of urea groups is 1. The minimum atomic E-state index is -0.847. The van der Waals surface area contributed by atoms with Crippen LogP contribution in [0.15, 0.2) is 70.7 Å². The number of anilines is 1. The van der Waals surface area contributed by atoms with E-state index in [1.165, 1.54) is 12.1 Å². The lowest BCUT2D eigenvalue weighted by molar-refractivity contribution is -0.122. The van der Waals surface area contributed by atoms with Crippen LogP contribution in [-0.4, -0.2) is 24.5 Å². The molecule has 36 heavy (non-hydrogen) atoms. The second-order valence-corrected chi connectivity index (χ2v) is 9.27. The molecule has 1 aliphatic rings. The number of nitrogens with one attached hydrogen (secondary N) is 1. The van der Waals surface area contributed by atoms with Crippen molar-refractivity contribution in [1.29, 1.82) is 0 Å². The molecule has 7 nitrogen and oxygen atoms in total. The van der Waals surface area contributed by atoms with E-state index in [1.54, 1.807) is 30.3 Å². The Bertz CT molecular complexity index is 1390. The molecule has 4 rings (SSSR count). The summed E-state index contributed by atoms with van der Waals surface area (Å²) in [6.45, 7) is 4.56. The molecule has 0 unspecified atom stereocenters. The van der Waals surface area contributed by atoms with Crippen molar-refractivity contribution in [2.24, 2.45) is 0 Å². The first-order chi connectivity index (χ1) is 17.3. The molecule has 1 fully saturated rings. The summed E-state index contributed by atoms with van der Waals surface area (Å²) in [6.07, 6.45) is 1.40. The van der Waals surface area contributed by atoms with Gasteiger partial charge < -0.3 is 9.47 Å². The zero-order valence-electron chi connectivity index (χ0n) is 19.5. The Kier molecular flexibility index (Phi) is 7.76. The Morgan fingerprint density at radius 2 is 1.81 bits per heavy atom. The zero-order valence-corrected chi connectivity index (χ0v) is 21.9.